The van der Waals surface area contributed by atoms with Crippen molar-refractivity contribution in [3.8, 4) is 33.4 Å². The standard InChI is InChI=1S/C53H45N/c1-52(2)48-16-7-5-14-44(48)46-22-20-42(31-50(46)52)54(41-13-9-12-37(30-41)38-19-18-35-10-3-4-11-36(35)29-38)43-21-23-47-45-15-6-8-17-49(45)53(51(47)32-43)39-25-33-24-34(27-39)28-40(53)26-33/h3-23,29-34,39-40H,24-28H2,1-2H3. The van der Waals surface area contributed by atoms with Gasteiger partial charge in [-0.05, 0) is 165 Å². The first kappa shape index (κ1) is 31.0. The second kappa shape index (κ2) is 11.1. The second-order valence-corrected chi connectivity index (χ2v) is 17.8. The molecular formula is C53H45N. The maximum absolute atomic E-state index is 2.65. The van der Waals surface area contributed by atoms with Crippen LogP contribution < -0.4 is 4.90 Å². The molecule has 7 aromatic rings. The van der Waals surface area contributed by atoms with Crippen molar-refractivity contribution in [1.82, 2.24) is 0 Å². The Balaban J connectivity index is 1.06. The van der Waals surface area contributed by atoms with Gasteiger partial charge in [-0.3, -0.25) is 0 Å². The predicted molar refractivity (Wildman–Crippen MR) is 225 cm³/mol. The van der Waals surface area contributed by atoms with Crippen molar-refractivity contribution >= 4 is 27.8 Å². The summed E-state index contributed by atoms with van der Waals surface area (Å²) in [6.07, 6.45) is 7.04. The molecule has 0 aliphatic heterocycles. The van der Waals surface area contributed by atoms with Gasteiger partial charge in [0.25, 0.3) is 0 Å². The zero-order valence-electron chi connectivity index (χ0n) is 31.2. The van der Waals surface area contributed by atoms with Gasteiger partial charge in [-0.25, -0.2) is 0 Å². The first-order valence-corrected chi connectivity index (χ1v) is 20.3. The summed E-state index contributed by atoms with van der Waals surface area (Å²) in [5, 5.41) is 2.55. The molecule has 0 aromatic heterocycles. The molecule has 6 aliphatic rings. The minimum Gasteiger partial charge on any atom is -0.310 e. The highest BCUT2D eigenvalue weighted by Crippen LogP contribution is 2.69. The van der Waals surface area contributed by atoms with Crippen LogP contribution in [0.4, 0.5) is 17.1 Å². The fourth-order valence-electron chi connectivity index (χ4n) is 12.8. The number of rotatable bonds is 4. The van der Waals surface area contributed by atoms with E-state index in [1.807, 2.05) is 0 Å². The summed E-state index contributed by atoms with van der Waals surface area (Å²) >= 11 is 0. The Kier molecular flexibility index (Phi) is 6.36. The molecule has 0 N–H and O–H groups in total. The van der Waals surface area contributed by atoms with Crippen molar-refractivity contribution in [2.45, 2.75) is 56.8 Å². The van der Waals surface area contributed by atoms with Gasteiger partial charge in [0.2, 0.25) is 0 Å². The highest BCUT2D eigenvalue weighted by Gasteiger charge is 2.61. The van der Waals surface area contributed by atoms with E-state index in [9.17, 15) is 0 Å². The van der Waals surface area contributed by atoms with Crippen LogP contribution in [0.1, 0.15) is 68.2 Å². The number of anilines is 3. The quantitative estimate of drug-likeness (QED) is 0.177. The third-order valence-corrected chi connectivity index (χ3v) is 14.8. The molecule has 54 heavy (non-hydrogen) atoms. The molecule has 1 heteroatoms. The smallest absolute Gasteiger partial charge is 0.0467 e. The van der Waals surface area contributed by atoms with E-state index in [1.54, 1.807) is 11.1 Å². The number of hydrogen-bond donors (Lipinski definition) is 0. The van der Waals surface area contributed by atoms with E-state index < -0.39 is 0 Å². The van der Waals surface area contributed by atoms with E-state index in [0.717, 1.165) is 23.7 Å². The van der Waals surface area contributed by atoms with Crippen LogP contribution in [-0.4, -0.2) is 0 Å². The summed E-state index contributed by atoms with van der Waals surface area (Å²) in [5.41, 5.74) is 17.9. The van der Waals surface area contributed by atoms with E-state index in [-0.39, 0.29) is 10.8 Å². The Labute approximate surface area is 319 Å². The lowest BCUT2D eigenvalue weighted by atomic mass is 9.43. The van der Waals surface area contributed by atoms with Crippen LogP contribution in [0.5, 0.6) is 0 Å². The van der Waals surface area contributed by atoms with E-state index in [4.69, 9.17) is 0 Å². The molecule has 7 aromatic carbocycles. The van der Waals surface area contributed by atoms with Gasteiger partial charge in [-0.1, -0.05) is 123 Å². The largest absolute Gasteiger partial charge is 0.310 e. The first-order chi connectivity index (χ1) is 26.5. The third kappa shape index (κ3) is 4.16. The van der Waals surface area contributed by atoms with Crippen molar-refractivity contribution in [1.29, 1.82) is 0 Å². The van der Waals surface area contributed by atoms with Crippen LogP contribution >= 0.6 is 0 Å². The van der Waals surface area contributed by atoms with E-state index in [1.165, 1.54) is 104 Å². The molecule has 0 amide bonds. The summed E-state index contributed by atoms with van der Waals surface area (Å²) in [6, 6.07) is 58.1. The number of benzene rings is 7. The number of hydrogen-bond acceptors (Lipinski definition) is 1. The molecule has 1 nitrogen and oxygen atoms in total. The van der Waals surface area contributed by atoms with Crippen molar-refractivity contribution < 1.29 is 0 Å². The molecule has 262 valence electrons. The Morgan fingerprint density at radius 2 is 0.963 bits per heavy atom. The molecule has 0 unspecified atom stereocenters. The van der Waals surface area contributed by atoms with E-state index in [0.29, 0.717) is 0 Å². The molecule has 0 heterocycles. The normalized spacial score (nSPS) is 24.7. The minimum absolute atomic E-state index is 0.0788. The van der Waals surface area contributed by atoms with Crippen molar-refractivity contribution in [3.63, 3.8) is 0 Å². The zero-order valence-corrected chi connectivity index (χ0v) is 31.2. The monoisotopic (exact) mass is 695 g/mol. The molecule has 4 saturated carbocycles. The Morgan fingerprint density at radius 1 is 0.407 bits per heavy atom. The molecule has 6 aliphatic carbocycles. The summed E-state index contributed by atoms with van der Waals surface area (Å²) in [4.78, 5) is 2.57. The molecule has 0 atom stereocenters. The molecule has 13 rings (SSSR count). The SMILES string of the molecule is CC1(C)c2ccccc2-c2ccc(N(c3cccc(-c4ccc5ccccc5c4)c3)c3ccc4c(c3)C3(c5ccccc5-4)C4CC5CC(C4)CC3C5)cc21. The average Bonchev–Trinajstić information content (AvgIpc) is 3.62. The predicted octanol–water partition coefficient (Wildman–Crippen LogP) is 14.0. The maximum Gasteiger partial charge on any atom is 0.0467 e. The summed E-state index contributed by atoms with van der Waals surface area (Å²) < 4.78 is 0. The van der Waals surface area contributed by atoms with Crippen LogP contribution in [0.25, 0.3) is 44.2 Å². The maximum atomic E-state index is 2.65. The van der Waals surface area contributed by atoms with Gasteiger partial charge in [0.15, 0.2) is 0 Å². The van der Waals surface area contributed by atoms with Gasteiger partial charge in [0.05, 0.1) is 0 Å². The zero-order chi connectivity index (χ0) is 35.8. The first-order valence-electron chi connectivity index (χ1n) is 20.3. The van der Waals surface area contributed by atoms with Gasteiger partial charge in [-0.2, -0.15) is 0 Å². The van der Waals surface area contributed by atoms with Crippen LogP contribution in [0, 0.1) is 23.7 Å². The summed E-state index contributed by atoms with van der Waals surface area (Å²) in [6.45, 7) is 4.80. The van der Waals surface area contributed by atoms with Crippen LogP contribution in [-0.2, 0) is 10.8 Å². The Morgan fingerprint density at radius 3 is 1.70 bits per heavy atom. The molecule has 4 fully saturated rings. The van der Waals surface area contributed by atoms with E-state index in [2.05, 4.69) is 170 Å². The van der Waals surface area contributed by atoms with Gasteiger partial charge in [0.1, 0.15) is 0 Å². The molecular weight excluding hydrogens is 651 g/mol. The van der Waals surface area contributed by atoms with Crippen molar-refractivity contribution in [2.75, 3.05) is 4.90 Å². The fraction of sp³-hybridized carbons (Fsp3) is 0.245. The lowest BCUT2D eigenvalue weighted by Gasteiger charge is -2.61. The van der Waals surface area contributed by atoms with Crippen LogP contribution in [0.2, 0.25) is 0 Å². The molecule has 0 radical (unpaired) electrons. The highest BCUT2D eigenvalue weighted by atomic mass is 15.1. The Hall–Kier alpha value is -5.40. The minimum atomic E-state index is -0.0788. The highest BCUT2D eigenvalue weighted by molar-refractivity contribution is 5.91. The molecule has 1 spiro atoms. The summed E-state index contributed by atoms with van der Waals surface area (Å²) in [7, 11) is 0. The molecule has 4 bridgehead atoms. The second-order valence-electron chi connectivity index (χ2n) is 17.8. The van der Waals surface area contributed by atoms with Crippen molar-refractivity contribution in [3.05, 3.63) is 174 Å². The lowest BCUT2D eigenvalue weighted by molar-refractivity contribution is -0.0399. The van der Waals surface area contributed by atoms with Gasteiger partial charge < -0.3 is 4.90 Å². The van der Waals surface area contributed by atoms with Crippen LogP contribution in [0.15, 0.2) is 152 Å². The average molecular weight is 696 g/mol. The van der Waals surface area contributed by atoms with E-state index >= 15 is 0 Å². The summed E-state index contributed by atoms with van der Waals surface area (Å²) in [5.74, 6) is 3.31. The van der Waals surface area contributed by atoms with Crippen LogP contribution in [0.3, 0.4) is 0 Å². The van der Waals surface area contributed by atoms with Gasteiger partial charge in [0, 0.05) is 27.9 Å². The lowest BCUT2D eigenvalue weighted by Crippen LogP contribution is -2.55. The van der Waals surface area contributed by atoms with Gasteiger partial charge >= 0.3 is 0 Å². The number of fused-ring (bicyclic) bond motifs is 7. The van der Waals surface area contributed by atoms with Gasteiger partial charge in [-0.15, -0.1) is 0 Å². The van der Waals surface area contributed by atoms with Crippen molar-refractivity contribution in [2.24, 2.45) is 23.7 Å². The Bertz CT molecular complexity index is 2650. The number of nitrogens with zero attached hydrogens (tertiary/aromatic N) is 1. The fourth-order valence-corrected chi connectivity index (χ4v) is 12.8. The molecule has 0 saturated heterocycles. The topological polar surface area (TPSA) is 3.24 Å². The third-order valence-electron chi connectivity index (χ3n) is 14.8.